The van der Waals surface area contributed by atoms with Crippen molar-refractivity contribution < 1.29 is 9.53 Å². The highest BCUT2D eigenvalue weighted by atomic mass is 35.5. The monoisotopic (exact) mass is 254 g/mol. The number of carbonyl (C=O) groups excluding carboxylic acids is 1. The molecule has 0 saturated carbocycles. The Morgan fingerprint density at radius 3 is 2.65 bits per heavy atom. The lowest BCUT2D eigenvalue weighted by Crippen LogP contribution is -2.21. The topological polar surface area (TPSA) is 55.6 Å². The largest absolute Gasteiger partial charge is 0.465 e. The molecule has 5 heteroatoms. The molecule has 92 valence electrons. The smallest absolute Gasteiger partial charge is 0.340 e. The first-order valence-electron chi connectivity index (χ1n) is 5.55. The Kier molecular flexibility index (Phi) is 3.43. The molecule has 0 atom stereocenters. The molecule has 0 spiro atoms. The third-order valence-electron chi connectivity index (χ3n) is 2.91. The summed E-state index contributed by atoms with van der Waals surface area (Å²) in [6.07, 6.45) is 2.22. The van der Waals surface area contributed by atoms with Crippen LogP contribution >= 0.6 is 11.6 Å². The second-order valence-corrected chi connectivity index (χ2v) is 4.49. The molecular formula is C12H15ClN2O2. The minimum atomic E-state index is -0.402. The van der Waals surface area contributed by atoms with Crippen molar-refractivity contribution in [2.24, 2.45) is 0 Å². The van der Waals surface area contributed by atoms with Crippen LogP contribution < -0.4 is 10.6 Å². The summed E-state index contributed by atoms with van der Waals surface area (Å²) in [6.45, 7) is 1.82. The summed E-state index contributed by atoms with van der Waals surface area (Å²) in [5, 5.41) is 0.507. The quantitative estimate of drug-likeness (QED) is 0.650. The first-order chi connectivity index (χ1) is 8.13. The zero-order valence-corrected chi connectivity index (χ0v) is 10.5. The van der Waals surface area contributed by atoms with Gasteiger partial charge in [-0.2, -0.15) is 0 Å². The Morgan fingerprint density at radius 1 is 1.41 bits per heavy atom. The van der Waals surface area contributed by atoms with E-state index in [1.807, 2.05) is 0 Å². The van der Waals surface area contributed by atoms with E-state index >= 15 is 0 Å². The molecule has 1 aromatic rings. The molecule has 1 fully saturated rings. The number of halogens is 1. The van der Waals surface area contributed by atoms with Gasteiger partial charge in [-0.15, -0.1) is 0 Å². The van der Waals surface area contributed by atoms with Gasteiger partial charge in [-0.1, -0.05) is 11.6 Å². The van der Waals surface area contributed by atoms with Gasteiger partial charge >= 0.3 is 5.97 Å². The van der Waals surface area contributed by atoms with Crippen molar-refractivity contribution in [1.29, 1.82) is 0 Å². The van der Waals surface area contributed by atoms with Crippen LogP contribution in [0.5, 0.6) is 0 Å². The average molecular weight is 255 g/mol. The lowest BCUT2D eigenvalue weighted by atomic mass is 10.1. The van der Waals surface area contributed by atoms with Crippen LogP contribution in [0.15, 0.2) is 12.1 Å². The van der Waals surface area contributed by atoms with E-state index in [1.54, 1.807) is 12.1 Å². The fraction of sp³-hybridized carbons (Fsp3) is 0.417. The number of hydrogen-bond acceptors (Lipinski definition) is 4. The Hall–Kier alpha value is -1.42. The predicted molar refractivity (Wildman–Crippen MR) is 68.7 cm³/mol. The number of esters is 1. The van der Waals surface area contributed by atoms with E-state index in [1.165, 1.54) is 7.11 Å². The minimum absolute atomic E-state index is 0.402. The predicted octanol–water partition coefficient (Wildman–Crippen LogP) is 2.31. The molecule has 1 aliphatic heterocycles. The Bertz CT molecular complexity index is 442. The maximum atomic E-state index is 11.7. The molecule has 2 rings (SSSR count). The lowest BCUT2D eigenvalue weighted by molar-refractivity contribution is 0.0601. The van der Waals surface area contributed by atoms with Crippen LogP contribution in [-0.4, -0.2) is 26.2 Å². The van der Waals surface area contributed by atoms with Crippen LogP contribution in [0.25, 0.3) is 0 Å². The molecule has 1 saturated heterocycles. The highest BCUT2D eigenvalue weighted by molar-refractivity contribution is 6.34. The SMILES string of the molecule is COC(=O)c1cc(N)cc(Cl)c1N1CCCC1. The van der Waals surface area contributed by atoms with Crippen molar-refractivity contribution in [3.05, 3.63) is 22.7 Å². The maximum Gasteiger partial charge on any atom is 0.340 e. The molecule has 0 bridgehead atoms. The van der Waals surface area contributed by atoms with E-state index in [9.17, 15) is 4.79 Å². The van der Waals surface area contributed by atoms with E-state index in [2.05, 4.69) is 4.90 Å². The number of methoxy groups -OCH3 is 1. The van der Waals surface area contributed by atoms with Crippen LogP contribution in [0.1, 0.15) is 23.2 Å². The molecule has 1 heterocycles. The molecular weight excluding hydrogens is 240 g/mol. The summed E-state index contributed by atoms with van der Waals surface area (Å²) in [6, 6.07) is 3.28. The number of carbonyl (C=O) groups is 1. The van der Waals surface area contributed by atoms with Crippen LogP contribution in [0, 0.1) is 0 Å². The van der Waals surface area contributed by atoms with Gasteiger partial charge in [-0.3, -0.25) is 0 Å². The van der Waals surface area contributed by atoms with Crippen molar-refractivity contribution in [1.82, 2.24) is 0 Å². The molecule has 0 amide bonds. The summed E-state index contributed by atoms with van der Waals surface area (Å²) in [7, 11) is 1.35. The Labute approximate surface area is 105 Å². The first-order valence-corrected chi connectivity index (χ1v) is 5.93. The fourth-order valence-electron chi connectivity index (χ4n) is 2.15. The average Bonchev–Trinajstić information content (AvgIpc) is 2.80. The van der Waals surface area contributed by atoms with Gasteiger partial charge in [0, 0.05) is 18.8 Å². The second kappa shape index (κ2) is 4.84. The maximum absolute atomic E-state index is 11.7. The number of anilines is 2. The summed E-state index contributed by atoms with van der Waals surface area (Å²) in [5.41, 5.74) is 7.36. The van der Waals surface area contributed by atoms with Crippen LogP contribution in [0.4, 0.5) is 11.4 Å². The standard InChI is InChI=1S/C12H15ClN2O2/c1-17-12(16)9-6-8(14)7-10(13)11(9)15-4-2-3-5-15/h6-7H,2-5,14H2,1H3. The minimum Gasteiger partial charge on any atom is -0.465 e. The molecule has 1 aromatic carbocycles. The lowest BCUT2D eigenvalue weighted by Gasteiger charge is -2.22. The Balaban J connectivity index is 2.50. The third-order valence-corrected chi connectivity index (χ3v) is 3.20. The first kappa shape index (κ1) is 12.0. The number of benzene rings is 1. The van der Waals surface area contributed by atoms with Crippen LogP contribution in [0.2, 0.25) is 5.02 Å². The normalized spacial score (nSPS) is 15.1. The number of nitrogen functional groups attached to an aromatic ring is 1. The summed E-state index contributed by atoms with van der Waals surface area (Å²) < 4.78 is 4.77. The van der Waals surface area contributed by atoms with Crippen molar-refractivity contribution in [3.8, 4) is 0 Å². The third kappa shape index (κ3) is 2.31. The van der Waals surface area contributed by atoms with Gasteiger partial charge < -0.3 is 15.4 Å². The second-order valence-electron chi connectivity index (χ2n) is 4.08. The number of hydrogen-bond donors (Lipinski definition) is 1. The van der Waals surface area contributed by atoms with Crippen LogP contribution in [0.3, 0.4) is 0 Å². The van der Waals surface area contributed by atoms with Crippen molar-refractivity contribution in [2.45, 2.75) is 12.8 Å². The molecule has 4 nitrogen and oxygen atoms in total. The van der Waals surface area contributed by atoms with E-state index in [-0.39, 0.29) is 0 Å². The van der Waals surface area contributed by atoms with Gasteiger partial charge in [0.05, 0.1) is 23.4 Å². The summed E-state index contributed by atoms with van der Waals surface area (Å²) in [4.78, 5) is 13.8. The highest BCUT2D eigenvalue weighted by Crippen LogP contribution is 2.34. The molecule has 2 N–H and O–H groups in total. The van der Waals surface area contributed by atoms with Gasteiger partial charge in [-0.05, 0) is 25.0 Å². The van der Waals surface area contributed by atoms with E-state index in [0.717, 1.165) is 31.6 Å². The van der Waals surface area contributed by atoms with E-state index < -0.39 is 5.97 Å². The molecule has 17 heavy (non-hydrogen) atoms. The number of nitrogens with zero attached hydrogens (tertiary/aromatic N) is 1. The molecule has 0 aromatic heterocycles. The number of ether oxygens (including phenoxy) is 1. The summed E-state index contributed by atoms with van der Waals surface area (Å²) in [5.74, 6) is -0.402. The van der Waals surface area contributed by atoms with Crippen LogP contribution in [-0.2, 0) is 4.74 Å². The zero-order chi connectivity index (χ0) is 12.4. The van der Waals surface area contributed by atoms with Gasteiger partial charge in [-0.25, -0.2) is 4.79 Å². The molecule has 1 aliphatic rings. The van der Waals surface area contributed by atoms with Gasteiger partial charge in [0.25, 0.3) is 0 Å². The van der Waals surface area contributed by atoms with Gasteiger partial charge in [0.2, 0.25) is 0 Å². The highest BCUT2D eigenvalue weighted by Gasteiger charge is 2.23. The van der Waals surface area contributed by atoms with Crippen molar-refractivity contribution >= 4 is 28.9 Å². The Morgan fingerprint density at radius 2 is 2.06 bits per heavy atom. The van der Waals surface area contributed by atoms with Crippen molar-refractivity contribution in [3.63, 3.8) is 0 Å². The zero-order valence-electron chi connectivity index (χ0n) is 9.70. The van der Waals surface area contributed by atoms with E-state index in [4.69, 9.17) is 22.1 Å². The van der Waals surface area contributed by atoms with E-state index in [0.29, 0.717) is 16.3 Å². The van der Waals surface area contributed by atoms with Gasteiger partial charge in [0.1, 0.15) is 0 Å². The number of nitrogens with two attached hydrogens (primary N) is 1. The number of rotatable bonds is 2. The molecule has 0 aliphatic carbocycles. The molecule has 0 radical (unpaired) electrons. The van der Waals surface area contributed by atoms with Gasteiger partial charge in [0.15, 0.2) is 0 Å². The summed E-state index contributed by atoms with van der Waals surface area (Å²) >= 11 is 6.19. The fourth-order valence-corrected chi connectivity index (χ4v) is 2.50. The molecule has 0 unspecified atom stereocenters. The van der Waals surface area contributed by atoms with Crippen molar-refractivity contribution in [2.75, 3.05) is 30.8 Å².